The van der Waals surface area contributed by atoms with Gasteiger partial charge >= 0.3 is 0 Å². The summed E-state index contributed by atoms with van der Waals surface area (Å²) in [6, 6.07) is 2.45. The lowest BCUT2D eigenvalue weighted by Gasteiger charge is -2.24. The summed E-state index contributed by atoms with van der Waals surface area (Å²) < 4.78 is 0. The number of hydrogen-bond acceptors (Lipinski definition) is 4. The lowest BCUT2D eigenvalue weighted by molar-refractivity contribution is -0.384. The standard InChI is InChI=1S/C12H12Cl2N2O3S/c1-15(7-2-3-20-6-7)12(17)9-4-8(16(18)19)5-10(13)11(9)14/h4-5,7H,2-3,6H2,1H3. The molecule has 1 saturated heterocycles. The number of nitro groups is 1. The van der Waals surface area contributed by atoms with Gasteiger partial charge in [-0.3, -0.25) is 14.9 Å². The molecular formula is C12H12Cl2N2O3S. The van der Waals surface area contributed by atoms with Crippen molar-refractivity contribution in [3.63, 3.8) is 0 Å². The molecule has 20 heavy (non-hydrogen) atoms. The first-order chi connectivity index (χ1) is 9.41. The van der Waals surface area contributed by atoms with Crippen molar-refractivity contribution in [2.75, 3.05) is 18.6 Å². The van der Waals surface area contributed by atoms with Crippen LogP contribution in [0.25, 0.3) is 0 Å². The molecule has 1 unspecified atom stereocenters. The van der Waals surface area contributed by atoms with Crippen LogP contribution in [0.5, 0.6) is 0 Å². The smallest absolute Gasteiger partial charge is 0.271 e. The van der Waals surface area contributed by atoms with Crippen molar-refractivity contribution in [1.29, 1.82) is 0 Å². The van der Waals surface area contributed by atoms with Gasteiger partial charge in [0.1, 0.15) is 0 Å². The van der Waals surface area contributed by atoms with Crippen LogP contribution in [-0.4, -0.2) is 40.3 Å². The van der Waals surface area contributed by atoms with Gasteiger partial charge < -0.3 is 4.90 Å². The van der Waals surface area contributed by atoms with Crippen LogP contribution in [0.4, 0.5) is 5.69 Å². The van der Waals surface area contributed by atoms with E-state index in [-0.39, 0.29) is 33.2 Å². The number of non-ortho nitro benzene ring substituents is 1. The average Bonchev–Trinajstić information content (AvgIpc) is 2.93. The molecule has 0 bridgehead atoms. The summed E-state index contributed by atoms with van der Waals surface area (Å²) in [6.45, 7) is 0. The van der Waals surface area contributed by atoms with E-state index in [1.54, 1.807) is 23.7 Å². The fourth-order valence-corrected chi connectivity index (χ4v) is 3.69. The monoisotopic (exact) mass is 334 g/mol. The first kappa shape index (κ1) is 15.4. The second kappa shape index (κ2) is 6.20. The number of carbonyl (C=O) groups is 1. The number of thioether (sulfide) groups is 1. The van der Waals surface area contributed by atoms with Crippen molar-refractivity contribution in [3.8, 4) is 0 Å². The highest BCUT2D eigenvalue weighted by molar-refractivity contribution is 7.99. The summed E-state index contributed by atoms with van der Waals surface area (Å²) >= 11 is 13.6. The number of hydrogen-bond donors (Lipinski definition) is 0. The Morgan fingerprint density at radius 2 is 2.20 bits per heavy atom. The van der Waals surface area contributed by atoms with E-state index in [1.807, 2.05) is 0 Å². The van der Waals surface area contributed by atoms with Gasteiger partial charge in [-0.25, -0.2) is 0 Å². The Kier molecular flexibility index (Phi) is 4.78. The summed E-state index contributed by atoms with van der Waals surface area (Å²) in [6.07, 6.45) is 0.910. The number of benzene rings is 1. The summed E-state index contributed by atoms with van der Waals surface area (Å²) in [4.78, 5) is 24.3. The summed E-state index contributed by atoms with van der Waals surface area (Å²) in [5, 5.41) is 10.9. The van der Waals surface area contributed by atoms with Crippen molar-refractivity contribution >= 4 is 46.6 Å². The third kappa shape index (κ3) is 3.02. The number of amides is 1. The Hall–Kier alpha value is -0.980. The number of rotatable bonds is 3. The number of halogens is 2. The molecule has 108 valence electrons. The van der Waals surface area contributed by atoms with Crippen LogP contribution >= 0.6 is 35.0 Å². The van der Waals surface area contributed by atoms with Gasteiger partial charge in [0, 0.05) is 31.0 Å². The zero-order chi connectivity index (χ0) is 14.9. The number of nitro benzene ring substituents is 1. The van der Waals surface area contributed by atoms with Gasteiger partial charge in [-0.2, -0.15) is 11.8 Å². The predicted octanol–water partition coefficient (Wildman–Crippen LogP) is 3.48. The molecule has 0 radical (unpaired) electrons. The second-order valence-electron chi connectivity index (χ2n) is 4.48. The minimum absolute atomic E-state index is 0.0124. The van der Waals surface area contributed by atoms with Crippen molar-refractivity contribution in [3.05, 3.63) is 37.9 Å². The van der Waals surface area contributed by atoms with E-state index in [2.05, 4.69) is 0 Å². The highest BCUT2D eigenvalue weighted by Crippen LogP contribution is 2.32. The molecule has 5 nitrogen and oxygen atoms in total. The van der Waals surface area contributed by atoms with Crippen LogP contribution in [0.3, 0.4) is 0 Å². The SMILES string of the molecule is CN(C(=O)c1cc([N+](=O)[O-])cc(Cl)c1Cl)C1CCSC1. The molecule has 1 aliphatic heterocycles. The maximum atomic E-state index is 12.4. The largest absolute Gasteiger partial charge is 0.338 e. The van der Waals surface area contributed by atoms with Gasteiger partial charge in [0.05, 0.1) is 20.5 Å². The molecule has 1 aliphatic rings. The molecule has 0 saturated carbocycles. The van der Waals surface area contributed by atoms with Crippen LogP contribution in [0, 0.1) is 10.1 Å². The van der Waals surface area contributed by atoms with Crippen LogP contribution in [0.2, 0.25) is 10.0 Å². The van der Waals surface area contributed by atoms with Gasteiger partial charge in [-0.15, -0.1) is 0 Å². The Balaban J connectivity index is 2.35. The summed E-state index contributed by atoms with van der Waals surface area (Å²) in [7, 11) is 1.68. The molecule has 2 rings (SSSR count). The van der Waals surface area contributed by atoms with Crippen molar-refractivity contribution in [2.24, 2.45) is 0 Å². The highest BCUT2D eigenvalue weighted by atomic mass is 35.5. The maximum absolute atomic E-state index is 12.4. The molecule has 0 spiro atoms. The molecule has 1 atom stereocenters. The van der Waals surface area contributed by atoms with E-state index >= 15 is 0 Å². The quantitative estimate of drug-likeness (QED) is 0.627. The van der Waals surface area contributed by atoms with Gasteiger partial charge in [-0.1, -0.05) is 23.2 Å². The molecular weight excluding hydrogens is 323 g/mol. The minimum atomic E-state index is -0.593. The molecule has 0 aromatic heterocycles. The third-order valence-electron chi connectivity index (χ3n) is 3.23. The third-order valence-corrected chi connectivity index (χ3v) is 5.17. The van der Waals surface area contributed by atoms with E-state index < -0.39 is 4.92 Å². The van der Waals surface area contributed by atoms with Crippen LogP contribution < -0.4 is 0 Å². The fourth-order valence-electron chi connectivity index (χ4n) is 2.02. The van der Waals surface area contributed by atoms with Crippen LogP contribution in [0.1, 0.15) is 16.8 Å². The van der Waals surface area contributed by atoms with Crippen molar-refractivity contribution in [2.45, 2.75) is 12.5 Å². The molecule has 1 aromatic rings. The normalized spacial score (nSPS) is 18.1. The fraction of sp³-hybridized carbons (Fsp3) is 0.417. The predicted molar refractivity (Wildman–Crippen MR) is 80.9 cm³/mol. The second-order valence-corrected chi connectivity index (χ2v) is 6.41. The average molecular weight is 335 g/mol. The first-order valence-electron chi connectivity index (χ1n) is 5.90. The minimum Gasteiger partial charge on any atom is -0.338 e. The van der Waals surface area contributed by atoms with Crippen molar-refractivity contribution < 1.29 is 9.72 Å². The van der Waals surface area contributed by atoms with Crippen molar-refractivity contribution in [1.82, 2.24) is 4.90 Å². The zero-order valence-corrected chi connectivity index (χ0v) is 13.0. The Morgan fingerprint density at radius 1 is 1.50 bits per heavy atom. The first-order valence-corrected chi connectivity index (χ1v) is 7.81. The number of carbonyl (C=O) groups excluding carboxylic acids is 1. The van der Waals surface area contributed by atoms with Gasteiger partial charge in [0.2, 0.25) is 0 Å². The lowest BCUT2D eigenvalue weighted by Crippen LogP contribution is -2.37. The van der Waals surface area contributed by atoms with Gasteiger partial charge in [-0.05, 0) is 12.2 Å². The molecule has 1 aromatic carbocycles. The zero-order valence-electron chi connectivity index (χ0n) is 10.6. The molecule has 1 fully saturated rings. The molecule has 1 heterocycles. The molecule has 0 N–H and O–H groups in total. The lowest BCUT2D eigenvalue weighted by atomic mass is 10.1. The van der Waals surface area contributed by atoms with Crippen LogP contribution in [-0.2, 0) is 0 Å². The van der Waals surface area contributed by atoms with E-state index in [0.717, 1.165) is 24.0 Å². The topological polar surface area (TPSA) is 63.5 Å². The summed E-state index contributed by atoms with van der Waals surface area (Å²) in [5.74, 6) is 1.53. The molecule has 0 aliphatic carbocycles. The highest BCUT2D eigenvalue weighted by Gasteiger charge is 2.28. The Labute approximate surface area is 130 Å². The molecule has 8 heteroatoms. The van der Waals surface area contributed by atoms with E-state index in [9.17, 15) is 14.9 Å². The van der Waals surface area contributed by atoms with Crippen LogP contribution in [0.15, 0.2) is 12.1 Å². The van der Waals surface area contributed by atoms with E-state index in [1.165, 1.54) is 6.07 Å². The molecule has 1 amide bonds. The Bertz CT molecular complexity index is 562. The van der Waals surface area contributed by atoms with E-state index in [4.69, 9.17) is 23.2 Å². The summed E-state index contributed by atoms with van der Waals surface area (Å²) in [5.41, 5.74) is -0.165. The van der Waals surface area contributed by atoms with Gasteiger partial charge in [0.25, 0.3) is 11.6 Å². The Morgan fingerprint density at radius 3 is 2.75 bits per heavy atom. The van der Waals surface area contributed by atoms with E-state index in [0.29, 0.717) is 0 Å². The number of nitrogens with zero attached hydrogens (tertiary/aromatic N) is 2. The van der Waals surface area contributed by atoms with Gasteiger partial charge in [0.15, 0.2) is 0 Å². The maximum Gasteiger partial charge on any atom is 0.271 e.